The first-order valence-electron chi connectivity index (χ1n) is 5.68. The number of hydrogen-bond donors (Lipinski definition) is 2. The maximum atomic E-state index is 11.6. The van der Waals surface area contributed by atoms with Gasteiger partial charge < -0.3 is 5.32 Å². The van der Waals surface area contributed by atoms with Crippen molar-refractivity contribution in [3.63, 3.8) is 0 Å². The molecule has 0 bridgehead atoms. The summed E-state index contributed by atoms with van der Waals surface area (Å²) in [6, 6.07) is 5.03. The molecule has 0 spiro atoms. The van der Waals surface area contributed by atoms with E-state index in [1.165, 1.54) is 16.8 Å². The average molecular weight is 246 g/mol. The van der Waals surface area contributed by atoms with Crippen LogP contribution in [0.3, 0.4) is 0 Å². The Labute approximate surface area is 103 Å². The Balaban J connectivity index is 2.34. The second-order valence-corrected chi connectivity index (χ2v) is 3.78. The number of rotatable bonds is 4. The number of hydrogen-bond acceptors (Lipinski definition) is 4. The summed E-state index contributed by atoms with van der Waals surface area (Å²) >= 11 is 0. The molecular weight excluding hydrogens is 232 g/mol. The van der Waals surface area contributed by atoms with Gasteiger partial charge in [0.15, 0.2) is 0 Å². The summed E-state index contributed by atoms with van der Waals surface area (Å²) in [5, 5.41) is 3.13. The third kappa shape index (κ3) is 2.65. The van der Waals surface area contributed by atoms with E-state index in [9.17, 15) is 9.59 Å². The zero-order valence-electron chi connectivity index (χ0n) is 10.0. The monoisotopic (exact) mass is 246 g/mol. The van der Waals surface area contributed by atoms with Crippen molar-refractivity contribution in [2.45, 2.75) is 13.5 Å². The molecule has 0 unspecified atom stereocenters. The van der Waals surface area contributed by atoms with E-state index in [2.05, 4.69) is 15.3 Å². The highest BCUT2D eigenvalue weighted by Gasteiger charge is 2.04. The van der Waals surface area contributed by atoms with Crippen LogP contribution in [-0.2, 0) is 6.54 Å². The van der Waals surface area contributed by atoms with Gasteiger partial charge in [-0.15, -0.1) is 0 Å². The molecule has 0 saturated heterocycles. The fraction of sp³-hybridized carbons (Fsp3) is 0.250. The van der Waals surface area contributed by atoms with Gasteiger partial charge in [-0.25, -0.2) is 9.78 Å². The lowest BCUT2D eigenvalue weighted by atomic mass is 10.2. The molecule has 6 nitrogen and oxygen atoms in total. The van der Waals surface area contributed by atoms with Gasteiger partial charge in [-0.2, -0.15) is 0 Å². The predicted octanol–water partition coefficient (Wildman–Crippen LogP) is 0.412. The van der Waals surface area contributed by atoms with Gasteiger partial charge in [0.25, 0.3) is 5.56 Å². The number of anilines is 1. The number of nitrogens with one attached hydrogen (secondary N) is 2. The van der Waals surface area contributed by atoms with Gasteiger partial charge in [-0.05, 0) is 13.0 Å². The second kappa shape index (κ2) is 5.31. The largest absolute Gasteiger partial charge is 0.370 e. The molecule has 2 N–H and O–H groups in total. The van der Waals surface area contributed by atoms with Gasteiger partial charge in [0.05, 0.1) is 6.54 Å². The average Bonchev–Trinajstić information content (AvgIpc) is 2.35. The number of pyridine rings is 1. The minimum absolute atomic E-state index is 0.367. The van der Waals surface area contributed by atoms with Crippen molar-refractivity contribution in [3.05, 3.63) is 57.0 Å². The molecular formula is C12H14N4O2. The Morgan fingerprint density at radius 1 is 1.39 bits per heavy atom. The molecule has 2 aromatic heterocycles. The first kappa shape index (κ1) is 12.1. The Hall–Kier alpha value is -2.37. The molecule has 94 valence electrons. The van der Waals surface area contributed by atoms with E-state index in [0.717, 1.165) is 17.9 Å². The Bertz CT molecular complexity index is 645. The highest BCUT2D eigenvalue weighted by Crippen LogP contribution is 2.11. The van der Waals surface area contributed by atoms with Crippen LogP contribution < -0.4 is 16.6 Å². The molecule has 6 heteroatoms. The van der Waals surface area contributed by atoms with Crippen LogP contribution in [0, 0.1) is 0 Å². The summed E-state index contributed by atoms with van der Waals surface area (Å²) in [5.41, 5.74) is 0.0802. The van der Waals surface area contributed by atoms with Gasteiger partial charge in [0.2, 0.25) is 0 Å². The van der Waals surface area contributed by atoms with Gasteiger partial charge in [-0.3, -0.25) is 14.3 Å². The maximum Gasteiger partial charge on any atom is 0.328 e. The molecule has 2 aromatic rings. The van der Waals surface area contributed by atoms with Crippen LogP contribution in [0.2, 0.25) is 0 Å². The summed E-state index contributed by atoms with van der Waals surface area (Å²) in [6.45, 7) is 3.10. The number of aromatic amines is 1. The Kier molecular flexibility index (Phi) is 3.57. The minimum atomic E-state index is -0.422. The topological polar surface area (TPSA) is 79.8 Å². The van der Waals surface area contributed by atoms with E-state index in [4.69, 9.17) is 0 Å². The Morgan fingerprint density at radius 2 is 2.22 bits per heavy atom. The molecule has 0 aliphatic heterocycles. The first-order valence-corrected chi connectivity index (χ1v) is 5.68. The molecule has 2 rings (SSSR count). The van der Waals surface area contributed by atoms with E-state index in [1.54, 1.807) is 6.20 Å². The zero-order chi connectivity index (χ0) is 13.0. The van der Waals surface area contributed by atoms with Crippen molar-refractivity contribution in [2.24, 2.45) is 0 Å². The van der Waals surface area contributed by atoms with Crippen molar-refractivity contribution < 1.29 is 0 Å². The molecule has 0 amide bonds. The summed E-state index contributed by atoms with van der Waals surface area (Å²) in [7, 11) is 0. The third-order valence-electron chi connectivity index (χ3n) is 2.47. The molecule has 0 radical (unpaired) electrons. The molecule has 18 heavy (non-hydrogen) atoms. The summed E-state index contributed by atoms with van der Waals surface area (Å²) < 4.78 is 1.43. The maximum absolute atomic E-state index is 11.6. The number of nitrogens with zero attached hydrogens (tertiary/aromatic N) is 2. The molecule has 2 heterocycles. The quantitative estimate of drug-likeness (QED) is 0.819. The van der Waals surface area contributed by atoms with Crippen LogP contribution in [0.5, 0.6) is 0 Å². The van der Waals surface area contributed by atoms with Crippen molar-refractivity contribution in [1.29, 1.82) is 0 Å². The molecule has 0 aliphatic rings. The van der Waals surface area contributed by atoms with Gasteiger partial charge in [0.1, 0.15) is 5.82 Å². The van der Waals surface area contributed by atoms with Crippen molar-refractivity contribution in [3.8, 4) is 0 Å². The molecule has 0 fully saturated rings. The van der Waals surface area contributed by atoms with E-state index in [0.29, 0.717) is 6.54 Å². The van der Waals surface area contributed by atoms with Crippen molar-refractivity contribution in [2.75, 3.05) is 11.9 Å². The fourth-order valence-electron chi connectivity index (χ4n) is 1.65. The predicted molar refractivity (Wildman–Crippen MR) is 68.8 cm³/mol. The Morgan fingerprint density at radius 3 is 2.94 bits per heavy atom. The van der Waals surface area contributed by atoms with E-state index in [1.807, 2.05) is 19.1 Å². The summed E-state index contributed by atoms with van der Waals surface area (Å²) in [4.78, 5) is 29.0. The van der Waals surface area contributed by atoms with E-state index < -0.39 is 11.2 Å². The van der Waals surface area contributed by atoms with Crippen LogP contribution >= 0.6 is 0 Å². The van der Waals surface area contributed by atoms with Crippen LogP contribution in [0.25, 0.3) is 0 Å². The molecule has 0 aliphatic carbocycles. The van der Waals surface area contributed by atoms with Crippen LogP contribution in [0.4, 0.5) is 5.82 Å². The van der Waals surface area contributed by atoms with E-state index >= 15 is 0 Å². The summed E-state index contributed by atoms with van der Waals surface area (Å²) in [5.74, 6) is 0.748. The smallest absolute Gasteiger partial charge is 0.328 e. The first-order chi connectivity index (χ1) is 8.70. The summed E-state index contributed by atoms with van der Waals surface area (Å²) in [6.07, 6.45) is 3.17. The number of H-pyrrole nitrogens is 1. The van der Waals surface area contributed by atoms with Crippen molar-refractivity contribution in [1.82, 2.24) is 14.5 Å². The fourth-order valence-corrected chi connectivity index (χ4v) is 1.65. The van der Waals surface area contributed by atoms with Crippen LogP contribution in [0.1, 0.15) is 12.5 Å². The standard InChI is InChI=1S/C12H14N4O2/c1-2-13-11-9(4-3-6-14-11)8-16-7-5-10(17)15-12(16)18/h3-7H,2,8H2,1H3,(H,13,14)(H,15,17,18). The highest BCUT2D eigenvalue weighted by atomic mass is 16.2. The zero-order valence-corrected chi connectivity index (χ0v) is 10.0. The normalized spacial score (nSPS) is 10.3. The second-order valence-electron chi connectivity index (χ2n) is 3.78. The molecule has 0 saturated carbocycles. The minimum Gasteiger partial charge on any atom is -0.370 e. The highest BCUT2D eigenvalue weighted by molar-refractivity contribution is 5.43. The van der Waals surface area contributed by atoms with Crippen LogP contribution in [-0.4, -0.2) is 21.1 Å². The lowest BCUT2D eigenvalue weighted by Crippen LogP contribution is -2.29. The van der Waals surface area contributed by atoms with Gasteiger partial charge in [0, 0.05) is 30.6 Å². The van der Waals surface area contributed by atoms with Crippen LogP contribution in [0.15, 0.2) is 40.2 Å². The molecule has 0 atom stereocenters. The van der Waals surface area contributed by atoms with Crippen molar-refractivity contribution >= 4 is 5.82 Å². The lowest BCUT2D eigenvalue weighted by Gasteiger charge is -2.10. The number of aromatic nitrogens is 3. The van der Waals surface area contributed by atoms with Gasteiger partial charge in [-0.1, -0.05) is 6.07 Å². The molecule has 0 aromatic carbocycles. The van der Waals surface area contributed by atoms with Gasteiger partial charge >= 0.3 is 5.69 Å². The SMILES string of the molecule is CCNc1ncccc1Cn1ccc(=O)[nH]c1=O. The van der Waals surface area contributed by atoms with E-state index in [-0.39, 0.29) is 0 Å². The lowest BCUT2D eigenvalue weighted by molar-refractivity contribution is 0.719. The third-order valence-corrected chi connectivity index (χ3v) is 2.47.